The highest BCUT2D eigenvalue weighted by atomic mass is 15.2. The molecule has 0 spiro atoms. The molecule has 5 aromatic rings. The van der Waals surface area contributed by atoms with Gasteiger partial charge in [0.15, 0.2) is 0 Å². The van der Waals surface area contributed by atoms with Gasteiger partial charge in [0.2, 0.25) is 0 Å². The molecule has 2 aliphatic heterocycles. The van der Waals surface area contributed by atoms with E-state index in [0.29, 0.717) is 22.6 Å². The highest BCUT2D eigenvalue weighted by Crippen LogP contribution is 2.50. The molecule has 6 heteroatoms. The fourth-order valence-corrected chi connectivity index (χ4v) is 8.82. The smallest absolute Gasteiger partial charge is 0.101 e. The average Bonchev–Trinajstić information content (AvgIpc) is 3.60. The Hall–Kier alpha value is -6.81. The second-order valence-electron chi connectivity index (χ2n) is 13.9. The predicted molar refractivity (Wildman–Crippen MR) is 206 cm³/mol. The van der Waals surface area contributed by atoms with Gasteiger partial charge in [-0.2, -0.15) is 15.8 Å². The van der Waals surface area contributed by atoms with Crippen LogP contribution in [-0.2, 0) is 0 Å². The summed E-state index contributed by atoms with van der Waals surface area (Å²) in [6.45, 7) is 2.32. The van der Waals surface area contributed by atoms with Crippen LogP contribution in [0.4, 0.5) is 11.4 Å². The third-order valence-electron chi connectivity index (χ3n) is 11.1. The monoisotopic (exact) mass is 670 g/mol. The van der Waals surface area contributed by atoms with Crippen molar-refractivity contribution in [1.82, 2.24) is 9.88 Å². The maximum atomic E-state index is 10.1. The lowest BCUT2D eigenvalue weighted by Crippen LogP contribution is -2.29. The molecule has 0 fully saturated rings. The third kappa shape index (κ3) is 4.83. The van der Waals surface area contributed by atoms with Crippen molar-refractivity contribution in [2.45, 2.75) is 43.2 Å². The number of nitrogens with zero attached hydrogens (tertiary/aromatic N) is 5. The van der Waals surface area contributed by atoms with E-state index in [1.165, 1.54) is 22.2 Å². The summed E-state index contributed by atoms with van der Waals surface area (Å²) in [7, 11) is 0. The van der Waals surface area contributed by atoms with Gasteiger partial charge in [-0.3, -0.25) is 0 Å². The van der Waals surface area contributed by atoms with Gasteiger partial charge in [-0.1, -0.05) is 85.8 Å². The standard InChI is InChI=1S/C46H34N6/c1-29-6-4-9-38-36-8-2-3-11-42(36)52(45(29)38)44-21-23-50-22-20-37(44)35-18-12-30(26-47)24-40(35)32-14-16-34(17-15-32)51-43-19-13-31(27-48)25-41(43)39-10-5-7-33(28-49)46(39)51/h2-5,7-25,29,37,41,43-44,50H,6H2,1H3. The number of benzene rings is 4. The lowest BCUT2D eigenvalue weighted by molar-refractivity contribution is 0.529. The Bertz CT molecular complexity index is 2560. The molecular weight excluding hydrogens is 637 g/mol. The molecule has 0 bridgehead atoms. The number of nitriles is 3. The molecule has 6 nitrogen and oxygen atoms in total. The van der Waals surface area contributed by atoms with Gasteiger partial charge in [0, 0.05) is 51.2 Å². The van der Waals surface area contributed by atoms with E-state index in [1.807, 2.05) is 48.8 Å². The van der Waals surface area contributed by atoms with Crippen molar-refractivity contribution in [3.63, 3.8) is 0 Å². The van der Waals surface area contributed by atoms with E-state index in [0.717, 1.165) is 40.0 Å². The zero-order valence-electron chi connectivity index (χ0n) is 28.6. The predicted octanol–water partition coefficient (Wildman–Crippen LogP) is 10.2. The van der Waals surface area contributed by atoms with Crippen LogP contribution in [0.25, 0.3) is 28.1 Å². The number of para-hydroxylation sites is 2. The molecule has 1 aromatic heterocycles. The Morgan fingerprint density at radius 3 is 2.42 bits per heavy atom. The van der Waals surface area contributed by atoms with Gasteiger partial charge in [-0.15, -0.1) is 0 Å². The van der Waals surface area contributed by atoms with Crippen LogP contribution in [0.2, 0.25) is 0 Å². The van der Waals surface area contributed by atoms with Crippen LogP contribution in [0.3, 0.4) is 0 Å². The summed E-state index contributed by atoms with van der Waals surface area (Å²) in [6, 6.07) is 36.1. The largest absolute Gasteiger partial charge is 0.368 e. The van der Waals surface area contributed by atoms with Crippen LogP contribution in [0.15, 0.2) is 139 Å². The first-order chi connectivity index (χ1) is 25.6. The Kier molecular flexibility index (Phi) is 7.50. The Morgan fingerprint density at radius 1 is 0.750 bits per heavy atom. The molecule has 1 N–H and O–H groups in total. The Balaban J connectivity index is 1.16. The van der Waals surface area contributed by atoms with Gasteiger partial charge in [-0.05, 0) is 89.6 Å². The van der Waals surface area contributed by atoms with Crippen molar-refractivity contribution in [3.05, 3.63) is 173 Å². The molecule has 4 aromatic carbocycles. The fraction of sp³-hybridized carbons (Fsp3) is 0.152. The van der Waals surface area contributed by atoms with E-state index >= 15 is 0 Å². The number of hydrogen-bond donors (Lipinski definition) is 1. The van der Waals surface area contributed by atoms with E-state index in [9.17, 15) is 15.8 Å². The average molecular weight is 671 g/mol. The van der Waals surface area contributed by atoms with Gasteiger partial charge in [0.05, 0.1) is 41.0 Å². The van der Waals surface area contributed by atoms with E-state index < -0.39 is 0 Å². The third-order valence-corrected chi connectivity index (χ3v) is 11.1. The normalized spacial score (nSPS) is 22.3. The first kappa shape index (κ1) is 31.2. The van der Waals surface area contributed by atoms with Crippen LogP contribution in [0.5, 0.6) is 0 Å². The first-order valence-electron chi connectivity index (χ1n) is 17.7. The van der Waals surface area contributed by atoms with Crippen molar-refractivity contribution in [2.75, 3.05) is 4.90 Å². The van der Waals surface area contributed by atoms with Crippen LogP contribution in [-0.4, -0.2) is 10.6 Å². The summed E-state index contributed by atoms with van der Waals surface area (Å²) < 4.78 is 2.54. The number of rotatable bonds is 4. The van der Waals surface area contributed by atoms with Crippen LogP contribution in [0, 0.1) is 34.0 Å². The molecule has 52 heavy (non-hydrogen) atoms. The van der Waals surface area contributed by atoms with Crippen LogP contribution in [0.1, 0.15) is 70.7 Å². The maximum Gasteiger partial charge on any atom is 0.101 e. The van der Waals surface area contributed by atoms with Crippen molar-refractivity contribution < 1.29 is 0 Å². The quantitative estimate of drug-likeness (QED) is 0.205. The molecule has 248 valence electrons. The molecule has 0 saturated carbocycles. The lowest BCUT2D eigenvalue weighted by Gasteiger charge is -2.31. The van der Waals surface area contributed by atoms with E-state index in [2.05, 4.69) is 131 Å². The van der Waals surface area contributed by atoms with E-state index in [-0.39, 0.29) is 23.9 Å². The highest BCUT2D eigenvalue weighted by Gasteiger charge is 2.40. The van der Waals surface area contributed by atoms with Gasteiger partial charge in [0.1, 0.15) is 6.07 Å². The molecule has 5 unspecified atom stereocenters. The summed E-state index contributed by atoms with van der Waals surface area (Å²) >= 11 is 0. The second-order valence-corrected chi connectivity index (χ2v) is 13.9. The SMILES string of the molecule is CC1CC=Cc2c1n(C1C=CNC=CC1c1ccc(C#N)cc1-c1ccc(N3c4c(C#N)cccc4C4C=C(C#N)C=CC43)cc1)c1ccccc21. The molecule has 0 amide bonds. The summed E-state index contributed by atoms with van der Waals surface area (Å²) in [6.07, 6.45) is 20.1. The minimum absolute atomic E-state index is 0.0216. The molecule has 9 rings (SSSR count). The van der Waals surface area contributed by atoms with Gasteiger partial charge < -0.3 is 14.8 Å². The maximum absolute atomic E-state index is 10.1. The molecule has 0 saturated heterocycles. The van der Waals surface area contributed by atoms with Crippen LogP contribution >= 0.6 is 0 Å². The fourth-order valence-electron chi connectivity index (χ4n) is 8.82. The van der Waals surface area contributed by atoms with Crippen molar-refractivity contribution in [3.8, 4) is 29.3 Å². The summed E-state index contributed by atoms with van der Waals surface area (Å²) in [5, 5.41) is 34.5. The van der Waals surface area contributed by atoms with Crippen LogP contribution < -0.4 is 10.2 Å². The molecular formula is C46H34N6. The summed E-state index contributed by atoms with van der Waals surface area (Å²) in [5.74, 6) is 0.299. The second kappa shape index (κ2) is 12.5. The Labute approximate surface area is 303 Å². The first-order valence-corrected chi connectivity index (χ1v) is 17.7. The number of nitrogens with one attached hydrogen (secondary N) is 1. The number of allylic oxidation sites excluding steroid dienone is 5. The molecule has 3 heterocycles. The van der Waals surface area contributed by atoms with E-state index in [1.54, 1.807) is 0 Å². The molecule has 0 radical (unpaired) electrons. The van der Waals surface area contributed by atoms with E-state index in [4.69, 9.17) is 0 Å². The minimum atomic E-state index is -0.0549. The minimum Gasteiger partial charge on any atom is -0.368 e. The number of aromatic nitrogens is 1. The number of fused-ring (bicyclic) bond motifs is 6. The van der Waals surface area contributed by atoms with Crippen molar-refractivity contribution in [1.29, 1.82) is 15.8 Å². The van der Waals surface area contributed by atoms with Crippen molar-refractivity contribution >= 4 is 28.4 Å². The van der Waals surface area contributed by atoms with Gasteiger partial charge >= 0.3 is 0 Å². The van der Waals surface area contributed by atoms with Gasteiger partial charge in [0.25, 0.3) is 0 Å². The number of hydrogen-bond acceptors (Lipinski definition) is 5. The van der Waals surface area contributed by atoms with Crippen molar-refractivity contribution in [2.24, 2.45) is 0 Å². The molecule has 4 aliphatic rings. The molecule has 2 aliphatic carbocycles. The zero-order valence-corrected chi connectivity index (χ0v) is 28.6. The summed E-state index contributed by atoms with van der Waals surface area (Å²) in [5.41, 5.74) is 11.8. The number of anilines is 2. The topological polar surface area (TPSA) is 91.6 Å². The Morgan fingerprint density at radius 2 is 1.60 bits per heavy atom. The molecule has 5 atom stereocenters. The highest BCUT2D eigenvalue weighted by molar-refractivity contribution is 5.92. The van der Waals surface area contributed by atoms with Gasteiger partial charge in [-0.25, -0.2) is 0 Å². The zero-order chi connectivity index (χ0) is 35.3. The lowest BCUT2D eigenvalue weighted by atomic mass is 9.84. The summed E-state index contributed by atoms with van der Waals surface area (Å²) in [4.78, 5) is 2.23.